The minimum atomic E-state index is 0.0849. The van der Waals surface area contributed by atoms with Gasteiger partial charge in [-0.3, -0.25) is 4.79 Å². The van der Waals surface area contributed by atoms with Crippen LogP contribution in [0.3, 0.4) is 0 Å². The van der Waals surface area contributed by atoms with E-state index in [0.29, 0.717) is 5.82 Å². The molecule has 0 radical (unpaired) electrons. The third-order valence-corrected chi connectivity index (χ3v) is 5.68. The second-order valence-electron chi connectivity index (χ2n) is 6.81. The number of fused-ring (bicyclic) bond motifs is 2. The third-order valence-electron chi connectivity index (χ3n) is 5.00. The van der Waals surface area contributed by atoms with Gasteiger partial charge in [0.2, 0.25) is 5.91 Å². The highest BCUT2D eigenvalue weighted by molar-refractivity contribution is 7.08. The summed E-state index contributed by atoms with van der Waals surface area (Å²) < 4.78 is 0. The molecule has 0 saturated carbocycles. The van der Waals surface area contributed by atoms with Crippen LogP contribution in [0.4, 0.5) is 17.2 Å². The largest absolute Gasteiger partial charge is 0.340 e. The van der Waals surface area contributed by atoms with Crippen LogP contribution in [0.15, 0.2) is 59.3 Å². The molecule has 1 N–H and O–H groups in total. The first-order chi connectivity index (χ1) is 13.7. The van der Waals surface area contributed by atoms with Crippen LogP contribution in [0.2, 0.25) is 0 Å². The van der Waals surface area contributed by atoms with Crippen molar-refractivity contribution in [3.05, 3.63) is 64.9 Å². The standard InChI is InChI=1S/C22H18N4OS/c1-14(27)26-10-8-15-12-17(6-7-20(15)26)23-22-18-4-2-3-5-19(18)24-21(25-22)16-9-11-28-13-16/h2-7,9,11-13H,8,10H2,1H3,(H,23,24,25). The summed E-state index contributed by atoms with van der Waals surface area (Å²) in [5.41, 5.74) is 5.07. The molecule has 0 bridgehead atoms. The summed E-state index contributed by atoms with van der Waals surface area (Å²) in [6.07, 6.45) is 0.870. The molecular formula is C22H18N4OS. The van der Waals surface area contributed by atoms with Crippen molar-refractivity contribution in [1.29, 1.82) is 0 Å². The molecule has 5 nitrogen and oxygen atoms in total. The Balaban J connectivity index is 1.56. The number of benzene rings is 2. The fraction of sp³-hybridized carbons (Fsp3) is 0.136. The molecule has 0 unspecified atom stereocenters. The number of hydrogen-bond donors (Lipinski definition) is 1. The van der Waals surface area contributed by atoms with Crippen LogP contribution in [-0.4, -0.2) is 22.4 Å². The Hall–Kier alpha value is -3.25. The highest BCUT2D eigenvalue weighted by Crippen LogP contribution is 2.33. The van der Waals surface area contributed by atoms with E-state index < -0.39 is 0 Å². The van der Waals surface area contributed by atoms with Gasteiger partial charge in [0.15, 0.2) is 5.82 Å². The van der Waals surface area contributed by atoms with Gasteiger partial charge < -0.3 is 10.2 Å². The second-order valence-corrected chi connectivity index (χ2v) is 7.59. The molecule has 1 aliphatic heterocycles. The van der Waals surface area contributed by atoms with Gasteiger partial charge in [0.1, 0.15) is 5.82 Å². The Morgan fingerprint density at radius 1 is 1.14 bits per heavy atom. The number of nitrogens with zero attached hydrogens (tertiary/aromatic N) is 3. The molecule has 2 aromatic carbocycles. The first-order valence-corrected chi connectivity index (χ1v) is 10.1. The summed E-state index contributed by atoms with van der Waals surface area (Å²) in [4.78, 5) is 23.1. The first kappa shape index (κ1) is 16.9. The summed E-state index contributed by atoms with van der Waals surface area (Å²) >= 11 is 1.63. The van der Waals surface area contributed by atoms with E-state index in [9.17, 15) is 4.79 Å². The molecule has 0 atom stereocenters. The van der Waals surface area contributed by atoms with Crippen LogP contribution in [-0.2, 0) is 11.2 Å². The molecular weight excluding hydrogens is 368 g/mol. The molecule has 0 saturated heterocycles. The lowest BCUT2D eigenvalue weighted by Gasteiger charge is -2.15. The van der Waals surface area contributed by atoms with Gasteiger partial charge in [-0.2, -0.15) is 11.3 Å². The lowest BCUT2D eigenvalue weighted by molar-refractivity contribution is -0.116. The van der Waals surface area contributed by atoms with E-state index >= 15 is 0 Å². The number of thiophene rings is 1. The SMILES string of the molecule is CC(=O)N1CCc2cc(Nc3nc(-c4ccsc4)nc4ccccc34)ccc21. The zero-order chi connectivity index (χ0) is 19.1. The highest BCUT2D eigenvalue weighted by atomic mass is 32.1. The van der Waals surface area contributed by atoms with Gasteiger partial charge in [0, 0.05) is 41.2 Å². The van der Waals surface area contributed by atoms with Gasteiger partial charge in [0.25, 0.3) is 0 Å². The third kappa shape index (κ3) is 2.92. The van der Waals surface area contributed by atoms with Crippen molar-refractivity contribution in [3.8, 4) is 11.4 Å². The van der Waals surface area contributed by atoms with Gasteiger partial charge in [0.05, 0.1) is 5.52 Å². The van der Waals surface area contributed by atoms with Crippen molar-refractivity contribution in [1.82, 2.24) is 9.97 Å². The molecule has 138 valence electrons. The molecule has 6 heteroatoms. The fourth-order valence-corrected chi connectivity index (χ4v) is 4.27. The molecule has 0 fully saturated rings. The molecule has 0 spiro atoms. The normalized spacial score (nSPS) is 13.0. The van der Waals surface area contributed by atoms with Gasteiger partial charge in [-0.1, -0.05) is 12.1 Å². The smallest absolute Gasteiger partial charge is 0.223 e. The van der Waals surface area contributed by atoms with Gasteiger partial charge >= 0.3 is 0 Å². The summed E-state index contributed by atoms with van der Waals surface area (Å²) in [5.74, 6) is 1.58. The van der Waals surface area contributed by atoms with Gasteiger partial charge in [-0.05, 0) is 53.8 Å². The molecule has 1 aliphatic rings. The molecule has 5 rings (SSSR count). The van der Waals surface area contributed by atoms with E-state index in [0.717, 1.165) is 46.6 Å². The number of aromatic nitrogens is 2. The maximum Gasteiger partial charge on any atom is 0.223 e. The minimum absolute atomic E-state index is 0.0849. The van der Waals surface area contributed by atoms with Crippen molar-refractivity contribution in [3.63, 3.8) is 0 Å². The number of carbonyl (C=O) groups excluding carboxylic acids is 1. The molecule has 28 heavy (non-hydrogen) atoms. The lowest BCUT2D eigenvalue weighted by atomic mass is 10.1. The summed E-state index contributed by atoms with van der Waals surface area (Å²) in [6, 6.07) is 16.2. The monoisotopic (exact) mass is 386 g/mol. The highest BCUT2D eigenvalue weighted by Gasteiger charge is 2.22. The van der Waals surface area contributed by atoms with Crippen LogP contribution in [0.5, 0.6) is 0 Å². The van der Waals surface area contributed by atoms with Crippen molar-refractivity contribution in [2.45, 2.75) is 13.3 Å². The Labute approximate surface area is 166 Å². The molecule has 1 amide bonds. The molecule has 4 aromatic rings. The van der Waals surface area contributed by atoms with E-state index in [1.54, 1.807) is 18.3 Å². The predicted octanol–water partition coefficient (Wildman–Crippen LogP) is 5.01. The molecule has 2 aromatic heterocycles. The van der Waals surface area contributed by atoms with E-state index in [2.05, 4.69) is 16.8 Å². The van der Waals surface area contributed by atoms with Gasteiger partial charge in [-0.15, -0.1) is 0 Å². The Morgan fingerprint density at radius 2 is 2.04 bits per heavy atom. The minimum Gasteiger partial charge on any atom is -0.340 e. The maximum absolute atomic E-state index is 11.8. The van der Waals surface area contributed by atoms with E-state index in [1.165, 1.54) is 5.56 Å². The number of amides is 1. The number of carbonyl (C=O) groups is 1. The number of hydrogen-bond acceptors (Lipinski definition) is 5. The Kier molecular flexibility index (Phi) is 4.06. The average Bonchev–Trinajstić information content (AvgIpc) is 3.37. The number of para-hydroxylation sites is 1. The topological polar surface area (TPSA) is 58.1 Å². The summed E-state index contributed by atoms with van der Waals surface area (Å²) in [7, 11) is 0. The maximum atomic E-state index is 11.8. The zero-order valence-corrected chi connectivity index (χ0v) is 16.2. The molecule has 0 aliphatic carbocycles. The fourth-order valence-electron chi connectivity index (χ4n) is 3.64. The second kappa shape index (κ2) is 6.73. The molecule has 3 heterocycles. The zero-order valence-electron chi connectivity index (χ0n) is 15.3. The van der Waals surface area contributed by atoms with E-state index in [4.69, 9.17) is 9.97 Å². The van der Waals surface area contributed by atoms with Crippen molar-refractivity contribution in [2.75, 3.05) is 16.8 Å². The van der Waals surface area contributed by atoms with Crippen LogP contribution in [0.1, 0.15) is 12.5 Å². The number of anilines is 3. The number of nitrogens with one attached hydrogen (secondary N) is 1. The van der Waals surface area contributed by atoms with Crippen LogP contribution < -0.4 is 10.2 Å². The van der Waals surface area contributed by atoms with Crippen molar-refractivity contribution < 1.29 is 4.79 Å². The first-order valence-electron chi connectivity index (χ1n) is 9.16. The number of rotatable bonds is 3. The van der Waals surface area contributed by atoms with E-state index in [-0.39, 0.29) is 5.91 Å². The van der Waals surface area contributed by atoms with Crippen LogP contribution in [0, 0.1) is 0 Å². The predicted molar refractivity (Wildman–Crippen MR) is 114 cm³/mol. The average molecular weight is 386 g/mol. The Bertz CT molecular complexity index is 1190. The summed E-state index contributed by atoms with van der Waals surface area (Å²) in [5, 5.41) is 8.54. The Morgan fingerprint density at radius 3 is 2.86 bits per heavy atom. The van der Waals surface area contributed by atoms with Crippen LogP contribution in [0.25, 0.3) is 22.3 Å². The lowest BCUT2D eigenvalue weighted by Crippen LogP contribution is -2.25. The quantitative estimate of drug-likeness (QED) is 0.538. The van der Waals surface area contributed by atoms with Gasteiger partial charge in [-0.25, -0.2) is 9.97 Å². The van der Waals surface area contributed by atoms with Crippen molar-refractivity contribution >= 4 is 45.3 Å². The summed E-state index contributed by atoms with van der Waals surface area (Å²) in [6.45, 7) is 2.35. The van der Waals surface area contributed by atoms with E-state index in [1.807, 2.05) is 52.7 Å². The van der Waals surface area contributed by atoms with Crippen molar-refractivity contribution in [2.24, 2.45) is 0 Å². The van der Waals surface area contributed by atoms with Crippen LogP contribution >= 0.6 is 11.3 Å².